The van der Waals surface area contributed by atoms with Crippen LogP contribution in [0.3, 0.4) is 0 Å². The molecule has 0 heterocycles. The molecule has 2 aromatic carbocycles. The lowest BCUT2D eigenvalue weighted by Gasteiger charge is -2.09. The number of nitrogens with zero attached hydrogens (tertiary/aromatic N) is 1. The lowest BCUT2D eigenvalue weighted by Crippen LogP contribution is -2.19. The molecule has 0 aliphatic rings. The normalized spacial score (nSPS) is 9.60. The fourth-order valence-corrected chi connectivity index (χ4v) is 1.83. The first-order valence-corrected chi connectivity index (χ1v) is 6.35. The van der Waals surface area contributed by atoms with Gasteiger partial charge in [-0.2, -0.15) is 5.26 Å². The Labute approximate surface area is 122 Å². The number of benzene rings is 2. The predicted octanol–water partition coefficient (Wildman–Crippen LogP) is 4.05. The zero-order chi connectivity index (χ0) is 14.4. The Kier molecular flexibility index (Phi) is 4.59. The van der Waals surface area contributed by atoms with Crippen LogP contribution in [-0.4, -0.2) is 6.03 Å². The van der Waals surface area contributed by atoms with E-state index in [1.54, 1.807) is 48.5 Å². The molecule has 0 radical (unpaired) electrons. The fourth-order valence-electron chi connectivity index (χ4n) is 1.64. The third kappa shape index (κ3) is 3.74. The number of nitriles is 1. The molecule has 2 aromatic rings. The van der Waals surface area contributed by atoms with Crippen molar-refractivity contribution in [2.45, 2.75) is 6.42 Å². The number of hydrogen-bond acceptors (Lipinski definition) is 2. The summed E-state index contributed by atoms with van der Waals surface area (Å²) in [5.74, 6) is 0. The molecular formula is C15H12ClN3O. The summed E-state index contributed by atoms with van der Waals surface area (Å²) in [6.07, 6.45) is 0.353. The first kappa shape index (κ1) is 13.9. The van der Waals surface area contributed by atoms with E-state index in [0.29, 0.717) is 22.8 Å². The van der Waals surface area contributed by atoms with Crippen LogP contribution < -0.4 is 10.6 Å². The molecule has 0 saturated heterocycles. The minimum atomic E-state index is -0.369. The molecule has 0 aliphatic carbocycles. The zero-order valence-electron chi connectivity index (χ0n) is 10.6. The number of amides is 2. The third-order valence-corrected chi connectivity index (χ3v) is 2.95. The topological polar surface area (TPSA) is 64.9 Å². The molecule has 5 heteroatoms. The molecule has 0 unspecified atom stereocenters. The van der Waals surface area contributed by atoms with Gasteiger partial charge in [0.15, 0.2) is 0 Å². The lowest BCUT2D eigenvalue weighted by molar-refractivity contribution is 0.262. The van der Waals surface area contributed by atoms with Gasteiger partial charge in [0.1, 0.15) is 0 Å². The number of para-hydroxylation sites is 1. The molecular weight excluding hydrogens is 274 g/mol. The standard InChI is InChI=1S/C15H12ClN3O/c16-13-3-1-2-4-14(13)19-15(20)18-12-7-5-11(6-8-12)9-10-17/h1-8H,9H2,(H2,18,19,20). The second-order valence-corrected chi connectivity index (χ2v) is 4.50. The zero-order valence-corrected chi connectivity index (χ0v) is 11.3. The monoisotopic (exact) mass is 285 g/mol. The predicted molar refractivity (Wildman–Crippen MR) is 79.9 cm³/mol. The summed E-state index contributed by atoms with van der Waals surface area (Å²) in [5.41, 5.74) is 2.11. The summed E-state index contributed by atoms with van der Waals surface area (Å²) in [5, 5.41) is 14.4. The first-order valence-electron chi connectivity index (χ1n) is 5.97. The van der Waals surface area contributed by atoms with Gasteiger partial charge in [-0.3, -0.25) is 0 Å². The molecule has 0 bridgehead atoms. The lowest BCUT2D eigenvalue weighted by atomic mass is 10.1. The number of rotatable bonds is 3. The van der Waals surface area contributed by atoms with Crippen molar-refractivity contribution < 1.29 is 4.79 Å². The van der Waals surface area contributed by atoms with Crippen LogP contribution in [0.2, 0.25) is 5.02 Å². The average Bonchev–Trinajstić information content (AvgIpc) is 2.44. The Morgan fingerprint density at radius 3 is 2.45 bits per heavy atom. The Morgan fingerprint density at radius 1 is 1.10 bits per heavy atom. The van der Waals surface area contributed by atoms with E-state index < -0.39 is 0 Å². The van der Waals surface area contributed by atoms with Gasteiger partial charge in [0.05, 0.1) is 23.2 Å². The van der Waals surface area contributed by atoms with Gasteiger partial charge in [0.25, 0.3) is 0 Å². The van der Waals surface area contributed by atoms with Crippen molar-refractivity contribution in [1.29, 1.82) is 5.26 Å². The van der Waals surface area contributed by atoms with E-state index in [4.69, 9.17) is 16.9 Å². The summed E-state index contributed by atoms with van der Waals surface area (Å²) in [7, 11) is 0. The maximum absolute atomic E-state index is 11.8. The fraction of sp³-hybridized carbons (Fsp3) is 0.0667. The summed E-state index contributed by atoms with van der Waals surface area (Å²) >= 11 is 5.95. The van der Waals surface area contributed by atoms with E-state index in [0.717, 1.165) is 5.56 Å². The van der Waals surface area contributed by atoms with Crippen LogP contribution >= 0.6 is 11.6 Å². The second-order valence-electron chi connectivity index (χ2n) is 4.09. The maximum atomic E-state index is 11.8. The van der Waals surface area contributed by atoms with E-state index in [1.807, 2.05) is 0 Å². The number of carbonyl (C=O) groups is 1. The van der Waals surface area contributed by atoms with Crippen LogP contribution in [0.4, 0.5) is 16.2 Å². The summed E-state index contributed by atoms with van der Waals surface area (Å²) in [6.45, 7) is 0. The van der Waals surface area contributed by atoms with Crippen molar-refractivity contribution in [2.24, 2.45) is 0 Å². The van der Waals surface area contributed by atoms with E-state index in [1.165, 1.54) is 0 Å². The average molecular weight is 286 g/mol. The first-order chi connectivity index (χ1) is 9.69. The van der Waals surface area contributed by atoms with Crippen LogP contribution in [0.5, 0.6) is 0 Å². The van der Waals surface area contributed by atoms with Gasteiger partial charge in [-0.05, 0) is 29.8 Å². The molecule has 100 valence electrons. The Hall–Kier alpha value is -2.51. The highest BCUT2D eigenvalue weighted by molar-refractivity contribution is 6.33. The molecule has 0 atom stereocenters. The molecule has 2 rings (SSSR count). The number of carbonyl (C=O) groups excluding carboxylic acids is 1. The molecule has 0 aromatic heterocycles. The van der Waals surface area contributed by atoms with E-state index in [-0.39, 0.29) is 6.03 Å². The smallest absolute Gasteiger partial charge is 0.308 e. The van der Waals surface area contributed by atoms with Crippen LogP contribution in [0.25, 0.3) is 0 Å². The number of nitrogens with one attached hydrogen (secondary N) is 2. The minimum absolute atomic E-state index is 0.353. The van der Waals surface area contributed by atoms with Gasteiger partial charge in [0, 0.05) is 5.69 Å². The molecule has 0 saturated carbocycles. The van der Waals surface area contributed by atoms with Crippen LogP contribution in [0.15, 0.2) is 48.5 Å². The second kappa shape index (κ2) is 6.60. The van der Waals surface area contributed by atoms with Crippen molar-refractivity contribution in [3.8, 4) is 6.07 Å². The Balaban J connectivity index is 1.98. The van der Waals surface area contributed by atoms with Crippen molar-refractivity contribution in [1.82, 2.24) is 0 Å². The summed E-state index contributed by atoms with van der Waals surface area (Å²) < 4.78 is 0. The summed E-state index contributed by atoms with van der Waals surface area (Å²) in [6, 6.07) is 15.8. The largest absolute Gasteiger partial charge is 0.323 e. The molecule has 20 heavy (non-hydrogen) atoms. The van der Waals surface area contributed by atoms with Crippen molar-refractivity contribution >= 4 is 29.0 Å². The van der Waals surface area contributed by atoms with Crippen LogP contribution in [0.1, 0.15) is 5.56 Å². The molecule has 0 fully saturated rings. The number of urea groups is 1. The molecule has 2 amide bonds. The molecule has 4 nitrogen and oxygen atoms in total. The highest BCUT2D eigenvalue weighted by atomic mass is 35.5. The number of hydrogen-bond donors (Lipinski definition) is 2. The van der Waals surface area contributed by atoms with Gasteiger partial charge in [-0.25, -0.2) is 4.79 Å². The summed E-state index contributed by atoms with van der Waals surface area (Å²) in [4.78, 5) is 11.8. The van der Waals surface area contributed by atoms with Gasteiger partial charge < -0.3 is 10.6 Å². The number of halogens is 1. The molecule has 2 N–H and O–H groups in total. The molecule has 0 spiro atoms. The van der Waals surface area contributed by atoms with Crippen molar-refractivity contribution in [3.05, 3.63) is 59.1 Å². The Morgan fingerprint density at radius 2 is 1.80 bits per heavy atom. The number of anilines is 2. The molecule has 0 aliphatic heterocycles. The Bertz CT molecular complexity index is 647. The minimum Gasteiger partial charge on any atom is -0.308 e. The van der Waals surface area contributed by atoms with Crippen molar-refractivity contribution in [2.75, 3.05) is 10.6 Å². The van der Waals surface area contributed by atoms with Gasteiger partial charge in [0.2, 0.25) is 0 Å². The third-order valence-electron chi connectivity index (χ3n) is 2.62. The van der Waals surface area contributed by atoms with E-state index in [9.17, 15) is 4.79 Å². The van der Waals surface area contributed by atoms with Crippen molar-refractivity contribution in [3.63, 3.8) is 0 Å². The SMILES string of the molecule is N#CCc1ccc(NC(=O)Nc2ccccc2Cl)cc1. The highest BCUT2D eigenvalue weighted by Crippen LogP contribution is 2.20. The van der Waals surface area contributed by atoms with Crippen LogP contribution in [0, 0.1) is 11.3 Å². The van der Waals surface area contributed by atoms with Gasteiger partial charge in [-0.15, -0.1) is 0 Å². The van der Waals surface area contributed by atoms with E-state index >= 15 is 0 Å². The maximum Gasteiger partial charge on any atom is 0.323 e. The quantitative estimate of drug-likeness (QED) is 0.893. The van der Waals surface area contributed by atoms with Crippen LogP contribution in [-0.2, 0) is 6.42 Å². The van der Waals surface area contributed by atoms with Gasteiger partial charge in [-0.1, -0.05) is 35.9 Å². The van der Waals surface area contributed by atoms with E-state index in [2.05, 4.69) is 16.7 Å². The van der Waals surface area contributed by atoms with Gasteiger partial charge >= 0.3 is 6.03 Å². The highest BCUT2D eigenvalue weighted by Gasteiger charge is 2.05.